The number of carboxylic acid groups (broad SMARTS) is 1. The van der Waals surface area contributed by atoms with Gasteiger partial charge in [0.15, 0.2) is 0 Å². The molecule has 0 bridgehead atoms. The summed E-state index contributed by atoms with van der Waals surface area (Å²) in [5, 5.41) is 15.6. The summed E-state index contributed by atoms with van der Waals surface area (Å²) in [6, 6.07) is 0. The van der Waals surface area contributed by atoms with Gasteiger partial charge in [0.25, 0.3) is 0 Å². The van der Waals surface area contributed by atoms with Crippen LogP contribution in [-0.2, 0) is 28.9 Å². The van der Waals surface area contributed by atoms with Gasteiger partial charge in [-0.2, -0.15) is 0 Å². The number of rotatable bonds is 6. The van der Waals surface area contributed by atoms with Gasteiger partial charge < -0.3 is 14.9 Å². The highest BCUT2D eigenvalue weighted by Crippen LogP contribution is 2.35. The Hall–Kier alpha value is -1.85. The van der Waals surface area contributed by atoms with Crippen molar-refractivity contribution >= 4 is 11.9 Å². The average molecular weight is 266 g/mol. The van der Waals surface area contributed by atoms with E-state index in [4.69, 9.17) is 9.63 Å². The van der Waals surface area contributed by atoms with Crippen molar-refractivity contribution in [1.29, 1.82) is 0 Å². The molecule has 1 heterocycles. The van der Waals surface area contributed by atoms with E-state index in [0.717, 1.165) is 11.3 Å². The molecule has 2 rings (SSSR count). The Kier molecular flexibility index (Phi) is 3.59. The van der Waals surface area contributed by atoms with Crippen LogP contribution >= 0.6 is 0 Å². The summed E-state index contributed by atoms with van der Waals surface area (Å²) >= 11 is 0. The molecule has 0 unspecified atom stereocenters. The van der Waals surface area contributed by atoms with Crippen LogP contribution in [0.4, 0.5) is 0 Å². The first-order valence-corrected chi connectivity index (χ1v) is 6.53. The minimum absolute atomic E-state index is 0.130. The number of carboxylic acids is 1. The quantitative estimate of drug-likeness (QED) is 0.803. The van der Waals surface area contributed by atoms with Gasteiger partial charge >= 0.3 is 5.97 Å². The zero-order chi connectivity index (χ0) is 14.0. The maximum Gasteiger partial charge on any atom is 0.329 e. The first-order chi connectivity index (χ1) is 9.02. The summed E-state index contributed by atoms with van der Waals surface area (Å²) < 4.78 is 5.18. The van der Waals surface area contributed by atoms with Crippen molar-refractivity contribution in [3.63, 3.8) is 0 Å². The molecule has 1 aromatic rings. The smallest absolute Gasteiger partial charge is 0.329 e. The fraction of sp³-hybridized carbons (Fsp3) is 0.615. The number of aliphatic carboxylic acids is 1. The van der Waals surface area contributed by atoms with Crippen LogP contribution in [0.3, 0.4) is 0 Å². The molecule has 1 aromatic heterocycles. The molecular formula is C13H18N2O4. The minimum atomic E-state index is -1.03. The van der Waals surface area contributed by atoms with E-state index in [1.165, 1.54) is 0 Å². The first-order valence-electron chi connectivity index (χ1n) is 6.53. The average Bonchev–Trinajstić information content (AvgIpc) is 3.04. The summed E-state index contributed by atoms with van der Waals surface area (Å²) in [7, 11) is 0. The van der Waals surface area contributed by atoms with Crippen molar-refractivity contribution in [2.45, 2.75) is 51.5 Å². The van der Waals surface area contributed by atoms with Gasteiger partial charge in [0.2, 0.25) is 5.91 Å². The zero-order valence-corrected chi connectivity index (χ0v) is 11.2. The molecule has 1 saturated carbocycles. The van der Waals surface area contributed by atoms with E-state index < -0.39 is 11.5 Å². The molecule has 0 atom stereocenters. The van der Waals surface area contributed by atoms with Gasteiger partial charge in [-0.05, 0) is 19.3 Å². The third-order valence-electron chi connectivity index (χ3n) is 3.48. The topological polar surface area (TPSA) is 92.4 Å². The molecular weight excluding hydrogens is 248 g/mol. The monoisotopic (exact) mass is 266 g/mol. The second kappa shape index (κ2) is 5.03. The van der Waals surface area contributed by atoms with E-state index in [2.05, 4.69) is 10.5 Å². The number of nitrogens with zero attached hydrogens (tertiary/aromatic N) is 1. The molecule has 0 spiro atoms. The highest BCUT2D eigenvalue weighted by Gasteiger charge is 2.51. The third-order valence-corrected chi connectivity index (χ3v) is 3.48. The molecule has 1 aliphatic carbocycles. The summed E-state index contributed by atoms with van der Waals surface area (Å²) in [5.41, 5.74) is 0.531. The van der Waals surface area contributed by atoms with E-state index >= 15 is 0 Å². The second-order valence-electron chi connectivity index (χ2n) is 4.85. The lowest BCUT2D eigenvalue weighted by Gasteiger charge is -2.12. The standard InChI is InChI=1S/C13H18N2O4/c1-3-9-8(10(4-2)19-15-9)7-11(16)14-13(5-6-13)12(17)18/h3-7H2,1-2H3,(H,14,16)(H,17,18). The molecule has 6 heteroatoms. The Morgan fingerprint density at radius 1 is 1.37 bits per heavy atom. The lowest BCUT2D eigenvalue weighted by molar-refractivity contribution is -0.143. The Morgan fingerprint density at radius 2 is 2.05 bits per heavy atom. The summed E-state index contributed by atoms with van der Waals surface area (Å²) in [6.07, 6.45) is 2.48. The number of carbonyl (C=O) groups excluding carboxylic acids is 1. The molecule has 1 fully saturated rings. The summed E-state index contributed by atoms with van der Waals surface area (Å²) in [6.45, 7) is 3.87. The van der Waals surface area contributed by atoms with E-state index in [9.17, 15) is 9.59 Å². The van der Waals surface area contributed by atoms with Crippen LogP contribution < -0.4 is 5.32 Å². The fourth-order valence-electron chi connectivity index (χ4n) is 2.13. The molecule has 2 N–H and O–H groups in total. The molecule has 0 aliphatic heterocycles. The largest absolute Gasteiger partial charge is 0.480 e. The van der Waals surface area contributed by atoms with Gasteiger partial charge in [-0.3, -0.25) is 4.79 Å². The van der Waals surface area contributed by atoms with Crippen molar-refractivity contribution in [2.24, 2.45) is 0 Å². The third kappa shape index (κ3) is 2.62. The molecule has 104 valence electrons. The Balaban J connectivity index is 2.07. The Morgan fingerprint density at radius 3 is 2.53 bits per heavy atom. The number of nitrogens with one attached hydrogen (secondary N) is 1. The van der Waals surface area contributed by atoms with Crippen LogP contribution in [0.5, 0.6) is 0 Å². The van der Waals surface area contributed by atoms with Crippen LogP contribution in [0.1, 0.15) is 43.7 Å². The molecule has 0 aromatic carbocycles. The molecule has 1 amide bonds. The second-order valence-corrected chi connectivity index (χ2v) is 4.85. The van der Waals surface area contributed by atoms with Gasteiger partial charge in [-0.15, -0.1) is 0 Å². The molecule has 6 nitrogen and oxygen atoms in total. The number of carbonyl (C=O) groups is 2. The van der Waals surface area contributed by atoms with E-state index in [1.807, 2.05) is 13.8 Å². The van der Waals surface area contributed by atoms with Crippen molar-refractivity contribution < 1.29 is 19.2 Å². The predicted molar refractivity (Wildman–Crippen MR) is 66.7 cm³/mol. The van der Waals surface area contributed by atoms with Crippen molar-refractivity contribution in [3.05, 3.63) is 17.0 Å². The highest BCUT2D eigenvalue weighted by atomic mass is 16.5. The summed E-state index contributed by atoms with van der Waals surface area (Å²) in [5.74, 6) is -0.544. The van der Waals surface area contributed by atoms with Gasteiger partial charge in [-0.1, -0.05) is 19.0 Å². The Labute approximate surface area is 111 Å². The van der Waals surface area contributed by atoms with Gasteiger partial charge in [-0.25, -0.2) is 4.79 Å². The van der Waals surface area contributed by atoms with Crippen molar-refractivity contribution in [2.75, 3.05) is 0 Å². The molecule has 1 aliphatic rings. The van der Waals surface area contributed by atoms with Crippen molar-refractivity contribution in [1.82, 2.24) is 10.5 Å². The van der Waals surface area contributed by atoms with Crippen LogP contribution in [0.2, 0.25) is 0 Å². The van der Waals surface area contributed by atoms with Crippen LogP contribution in [-0.4, -0.2) is 27.7 Å². The SMILES string of the molecule is CCc1noc(CC)c1CC(=O)NC1(C(=O)O)CC1. The number of hydrogen-bond donors (Lipinski definition) is 2. The zero-order valence-electron chi connectivity index (χ0n) is 11.2. The van der Waals surface area contributed by atoms with Crippen LogP contribution in [0.25, 0.3) is 0 Å². The maximum atomic E-state index is 12.0. The number of amides is 1. The number of aryl methyl sites for hydroxylation is 2. The lowest BCUT2D eigenvalue weighted by Crippen LogP contribution is -2.43. The van der Waals surface area contributed by atoms with Crippen LogP contribution in [0, 0.1) is 0 Å². The maximum absolute atomic E-state index is 12.0. The number of aromatic nitrogens is 1. The Bertz CT molecular complexity index is 481. The molecule has 0 saturated heterocycles. The van der Waals surface area contributed by atoms with E-state index in [-0.39, 0.29) is 12.3 Å². The summed E-state index contributed by atoms with van der Waals surface area (Å²) in [4.78, 5) is 23.0. The number of hydrogen-bond acceptors (Lipinski definition) is 4. The highest BCUT2D eigenvalue weighted by molar-refractivity contribution is 5.90. The normalized spacial score (nSPS) is 16.1. The van der Waals surface area contributed by atoms with E-state index in [1.54, 1.807) is 0 Å². The predicted octanol–water partition coefficient (Wildman–Crippen LogP) is 1.08. The van der Waals surface area contributed by atoms with Crippen LogP contribution in [0.15, 0.2) is 4.52 Å². The van der Waals surface area contributed by atoms with Gasteiger partial charge in [0.05, 0.1) is 12.1 Å². The fourth-order valence-corrected chi connectivity index (χ4v) is 2.13. The molecule has 19 heavy (non-hydrogen) atoms. The molecule has 0 radical (unpaired) electrons. The van der Waals surface area contributed by atoms with E-state index in [0.29, 0.717) is 31.4 Å². The van der Waals surface area contributed by atoms with Crippen molar-refractivity contribution in [3.8, 4) is 0 Å². The lowest BCUT2D eigenvalue weighted by atomic mass is 10.1. The van der Waals surface area contributed by atoms with Gasteiger partial charge in [0.1, 0.15) is 11.3 Å². The van der Waals surface area contributed by atoms with Gasteiger partial charge in [0, 0.05) is 12.0 Å². The first kappa shape index (κ1) is 13.6. The minimum Gasteiger partial charge on any atom is -0.480 e.